The molecule has 28 heavy (non-hydrogen) atoms. The summed E-state index contributed by atoms with van der Waals surface area (Å²) in [5.41, 5.74) is 4.68. The topological polar surface area (TPSA) is 81.0 Å². The zero-order chi connectivity index (χ0) is 19.7. The third-order valence-corrected chi connectivity index (χ3v) is 4.52. The molecule has 7 nitrogen and oxygen atoms in total. The van der Waals surface area contributed by atoms with Gasteiger partial charge in [0.05, 0.1) is 18.1 Å². The molecule has 138 valence electrons. The molecule has 0 fully saturated rings. The van der Waals surface area contributed by atoms with Crippen molar-refractivity contribution in [3.05, 3.63) is 72.6 Å². The highest BCUT2D eigenvalue weighted by Gasteiger charge is 2.17. The van der Waals surface area contributed by atoms with Crippen LogP contribution in [-0.4, -0.2) is 24.4 Å². The van der Waals surface area contributed by atoms with Gasteiger partial charge in [-0.2, -0.15) is 15.5 Å². The summed E-state index contributed by atoms with van der Waals surface area (Å²) in [5, 5.41) is 18.0. The van der Waals surface area contributed by atoms with Gasteiger partial charge in [0.2, 0.25) is 0 Å². The maximum absolute atomic E-state index is 9.47. The predicted molar refractivity (Wildman–Crippen MR) is 105 cm³/mol. The van der Waals surface area contributed by atoms with Crippen molar-refractivity contribution in [1.82, 2.24) is 24.4 Å². The number of pyridine rings is 2. The first kappa shape index (κ1) is 17.5. The van der Waals surface area contributed by atoms with Crippen molar-refractivity contribution in [2.75, 3.05) is 0 Å². The van der Waals surface area contributed by atoms with E-state index in [1.54, 1.807) is 33.9 Å². The van der Waals surface area contributed by atoms with Gasteiger partial charge < -0.3 is 4.74 Å². The largest absolute Gasteiger partial charge is 0.484 e. The molecule has 1 atom stereocenters. The lowest BCUT2D eigenvalue weighted by Crippen LogP contribution is -2.05. The summed E-state index contributed by atoms with van der Waals surface area (Å²) in [6.07, 6.45) is 10.3. The highest BCUT2D eigenvalue weighted by molar-refractivity contribution is 5.75. The first-order chi connectivity index (χ1) is 13.6. The fourth-order valence-electron chi connectivity index (χ4n) is 3.07. The molecule has 0 amide bonds. The van der Waals surface area contributed by atoms with Gasteiger partial charge in [-0.1, -0.05) is 6.58 Å². The van der Waals surface area contributed by atoms with Crippen molar-refractivity contribution < 1.29 is 4.74 Å². The minimum atomic E-state index is -0.254. The van der Waals surface area contributed by atoms with Gasteiger partial charge in [0.15, 0.2) is 0 Å². The molecule has 4 rings (SSSR count). The summed E-state index contributed by atoms with van der Waals surface area (Å²) in [7, 11) is 1.86. The zero-order valence-electron chi connectivity index (χ0n) is 15.6. The monoisotopic (exact) mass is 370 g/mol. The molecular formula is C21H18N6O. The van der Waals surface area contributed by atoms with E-state index in [9.17, 15) is 5.26 Å². The van der Waals surface area contributed by atoms with Crippen molar-refractivity contribution in [3.8, 4) is 22.9 Å². The number of hydrogen-bond donors (Lipinski definition) is 0. The number of hydrogen-bond acceptors (Lipinski definition) is 5. The van der Waals surface area contributed by atoms with Crippen molar-refractivity contribution >= 4 is 11.6 Å². The Morgan fingerprint density at radius 2 is 2.07 bits per heavy atom. The van der Waals surface area contributed by atoms with E-state index in [2.05, 4.69) is 27.8 Å². The van der Waals surface area contributed by atoms with Gasteiger partial charge in [0, 0.05) is 36.8 Å². The Bertz CT molecular complexity index is 1210. The van der Waals surface area contributed by atoms with Gasteiger partial charge in [-0.25, -0.2) is 4.52 Å². The van der Waals surface area contributed by atoms with Gasteiger partial charge in [0.1, 0.15) is 29.0 Å². The van der Waals surface area contributed by atoms with Crippen LogP contribution >= 0.6 is 0 Å². The van der Waals surface area contributed by atoms with Gasteiger partial charge in [-0.3, -0.25) is 9.67 Å². The van der Waals surface area contributed by atoms with E-state index >= 15 is 0 Å². The van der Waals surface area contributed by atoms with Crippen molar-refractivity contribution in [2.24, 2.45) is 7.05 Å². The Morgan fingerprint density at radius 1 is 1.21 bits per heavy atom. The van der Waals surface area contributed by atoms with Crippen LogP contribution in [0.15, 0.2) is 55.8 Å². The standard InChI is InChI=1S/C21H18N6O/c1-4-19-7-15(5-6-23-19)14(2)28-20-8-16(18-11-24-26(3)12-18)13-27-21(20)17(9-22)10-25-27/h4-8,10-14H,1H2,2-3H3/t14-/m1/s1. The summed E-state index contributed by atoms with van der Waals surface area (Å²) >= 11 is 0. The van der Waals surface area contributed by atoms with Gasteiger partial charge in [-0.15, -0.1) is 0 Å². The molecule has 0 unspecified atom stereocenters. The normalized spacial score (nSPS) is 11.9. The number of ether oxygens (including phenoxy) is 1. The molecule has 4 aromatic heterocycles. The lowest BCUT2D eigenvalue weighted by atomic mass is 10.1. The SMILES string of the molecule is C=Cc1cc([C@@H](C)Oc2cc(-c3cnn(C)c3)cn3ncc(C#N)c23)ccn1. The molecule has 0 aliphatic carbocycles. The summed E-state index contributed by atoms with van der Waals surface area (Å²) in [4.78, 5) is 4.23. The Labute approximate surface area is 162 Å². The number of aromatic nitrogens is 5. The van der Waals surface area contributed by atoms with E-state index in [0.29, 0.717) is 16.8 Å². The van der Waals surface area contributed by atoms with E-state index < -0.39 is 0 Å². The second-order valence-corrected chi connectivity index (χ2v) is 6.44. The molecule has 0 saturated carbocycles. The minimum Gasteiger partial charge on any atom is -0.484 e. The summed E-state index contributed by atoms with van der Waals surface area (Å²) in [6, 6.07) is 7.94. The number of nitriles is 1. The quantitative estimate of drug-likeness (QED) is 0.534. The number of rotatable bonds is 5. The molecule has 0 aromatic carbocycles. The molecule has 0 N–H and O–H groups in total. The molecule has 0 saturated heterocycles. The fraction of sp³-hybridized carbons (Fsp3) is 0.143. The molecular weight excluding hydrogens is 352 g/mol. The minimum absolute atomic E-state index is 0.254. The average Bonchev–Trinajstić information content (AvgIpc) is 3.34. The number of nitrogens with zero attached hydrogens (tertiary/aromatic N) is 6. The van der Waals surface area contributed by atoms with E-state index in [4.69, 9.17) is 4.74 Å². The highest BCUT2D eigenvalue weighted by atomic mass is 16.5. The van der Waals surface area contributed by atoms with Gasteiger partial charge >= 0.3 is 0 Å². The third-order valence-electron chi connectivity index (χ3n) is 4.52. The molecule has 0 radical (unpaired) electrons. The smallest absolute Gasteiger partial charge is 0.147 e. The predicted octanol–water partition coefficient (Wildman–Crippen LogP) is 3.78. The Kier molecular flexibility index (Phi) is 4.38. The van der Waals surface area contributed by atoms with Crippen molar-refractivity contribution in [3.63, 3.8) is 0 Å². The summed E-state index contributed by atoms with van der Waals surface area (Å²) < 4.78 is 9.69. The Balaban J connectivity index is 1.80. The number of aryl methyl sites for hydroxylation is 1. The molecule has 4 aromatic rings. The maximum atomic E-state index is 9.47. The van der Waals surface area contributed by atoms with Crippen LogP contribution in [0.4, 0.5) is 0 Å². The Morgan fingerprint density at radius 3 is 2.79 bits per heavy atom. The lowest BCUT2D eigenvalue weighted by molar-refractivity contribution is 0.229. The van der Waals surface area contributed by atoms with Crippen LogP contribution in [0.3, 0.4) is 0 Å². The van der Waals surface area contributed by atoms with Crippen LogP contribution in [0, 0.1) is 11.3 Å². The van der Waals surface area contributed by atoms with Crippen LogP contribution in [0.25, 0.3) is 22.7 Å². The zero-order valence-corrected chi connectivity index (χ0v) is 15.6. The van der Waals surface area contributed by atoms with Gasteiger partial charge in [-0.05, 0) is 36.8 Å². The summed E-state index contributed by atoms with van der Waals surface area (Å²) in [6.45, 7) is 5.72. The van der Waals surface area contributed by atoms with Crippen LogP contribution in [0.2, 0.25) is 0 Å². The van der Waals surface area contributed by atoms with E-state index in [-0.39, 0.29) is 6.10 Å². The summed E-state index contributed by atoms with van der Waals surface area (Å²) in [5.74, 6) is 0.583. The van der Waals surface area contributed by atoms with Crippen molar-refractivity contribution in [2.45, 2.75) is 13.0 Å². The lowest BCUT2D eigenvalue weighted by Gasteiger charge is -2.17. The van der Waals surface area contributed by atoms with E-state index in [1.165, 1.54) is 0 Å². The van der Waals surface area contributed by atoms with Crippen LogP contribution in [0.5, 0.6) is 5.75 Å². The molecule has 0 spiro atoms. The third kappa shape index (κ3) is 3.12. The van der Waals surface area contributed by atoms with E-state index in [1.807, 2.05) is 44.6 Å². The molecule has 0 bridgehead atoms. The molecule has 4 heterocycles. The molecule has 0 aliphatic rings. The maximum Gasteiger partial charge on any atom is 0.147 e. The first-order valence-electron chi connectivity index (χ1n) is 8.74. The molecule has 0 aliphatic heterocycles. The number of fused-ring (bicyclic) bond motifs is 1. The first-order valence-corrected chi connectivity index (χ1v) is 8.74. The molecule has 7 heteroatoms. The Hall–Kier alpha value is -3.92. The van der Waals surface area contributed by atoms with E-state index in [0.717, 1.165) is 22.4 Å². The second kappa shape index (κ2) is 7.00. The van der Waals surface area contributed by atoms with Crippen LogP contribution < -0.4 is 4.74 Å². The van der Waals surface area contributed by atoms with Crippen LogP contribution in [-0.2, 0) is 7.05 Å². The average molecular weight is 370 g/mol. The highest BCUT2D eigenvalue weighted by Crippen LogP contribution is 2.32. The second-order valence-electron chi connectivity index (χ2n) is 6.44. The fourth-order valence-corrected chi connectivity index (χ4v) is 3.07. The van der Waals surface area contributed by atoms with Crippen LogP contribution in [0.1, 0.15) is 29.8 Å². The van der Waals surface area contributed by atoms with Crippen molar-refractivity contribution in [1.29, 1.82) is 5.26 Å². The van der Waals surface area contributed by atoms with Gasteiger partial charge in [0.25, 0.3) is 0 Å².